The molecular weight excluding hydrogens is 894 g/mol. The number of imide groups is 2. The smallest absolute Gasteiger partial charge is 0.417 e. The minimum absolute atomic E-state index is 0.0993. The molecule has 3 heterocycles. The molecule has 4 aromatic carbocycles. The first-order valence-corrected chi connectivity index (χ1v) is 21.7. The van der Waals surface area contributed by atoms with Gasteiger partial charge in [0.1, 0.15) is 5.75 Å². The molecule has 0 spiro atoms. The number of nitrogens with zero attached hydrogens (tertiary/aromatic N) is 6. The fraction of sp³-hybridized carbons (Fsp3) is 0.245. The van der Waals surface area contributed by atoms with Crippen LogP contribution < -0.4 is 15.2 Å². The fourth-order valence-corrected chi connectivity index (χ4v) is 10.5. The van der Waals surface area contributed by atoms with Crippen molar-refractivity contribution in [1.29, 1.82) is 0 Å². The molecule has 17 heteroatoms. The number of hydrogen-bond acceptors (Lipinski definition) is 10. The number of carbonyl (C=O) groups is 4. The van der Waals surface area contributed by atoms with Crippen molar-refractivity contribution < 1.29 is 37.5 Å². The van der Waals surface area contributed by atoms with Gasteiger partial charge in [-0.3, -0.25) is 29.5 Å². The number of benzene rings is 4. The van der Waals surface area contributed by atoms with E-state index in [4.69, 9.17) is 23.2 Å². The van der Waals surface area contributed by atoms with Gasteiger partial charge < -0.3 is 10.0 Å². The monoisotopic (exact) mass is 933 g/mol. The summed E-state index contributed by atoms with van der Waals surface area (Å²) in [5.74, 6) is -8.03. The molecule has 2 aliphatic heterocycles. The Morgan fingerprint density at radius 3 is 2.20 bits per heavy atom. The van der Waals surface area contributed by atoms with Gasteiger partial charge in [-0.2, -0.15) is 28.4 Å². The topological polar surface area (TPSA) is 148 Å². The average molecular weight is 935 g/mol. The highest BCUT2D eigenvalue weighted by Crippen LogP contribution is 2.65. The lowest BCUT2D eigenvalue weighted by atomic mass is 9.49. The minimum atomic E-state index is -4.77. The van der Waals surface area contributed by atoms with Gasteiger partial charge in [0, 0.05) is 42.5 Å². The largest absolute Gasteiger partial charge is 0.507 e. The third-order valence-corrected chi connectivity index (χ3v) is 13.7. The van der Waals surface area contributed by atoms with E-state index >= 15 is 9.59 Å². The molecule has 4 amide bonds. The molecule has 6 atom stereocenters. The second-order valence-electron chi connectivity index (χ2n) is 16.9. The van der Waals surface area contributed by atoms with Gasteiger partial charge in [0.15, 0.2) is 5.82 Å². The van der Waals surface area contributed by atoms with Crippen molar-refractivity contribution >= 4 is 75.4 Å². The van der Waals surface area contributed by atoms with E-state index in [9.17, 15) is 27.9 Å². The summed E-state index contributed by atoms with van der Waals surface area (Å²) < 4.78 is 40.8. The Kier molecular flexibility index (Phi) is 11.3. The molecule has 0 radical (unpaired) electrons. The zero-order chi connectivity index (χ0) is 46.8. The molecule has 1 aromatic heterocycles. The predicted octanol–water partition coefficient (Wildman–Crippen LogP) is 10.5. The highest BCUT2D eigenvalue weighted by Gasteiger charge is 2.71. The number of alkyl halides is 3. The van der Waals surface area contributed by atoms with E-state index in [0.29, 0.717) is 56.1 Å². The maximum absolute atomic E-state index is 15.5. The summed E-state index contributed by atoms with van der Waals surface area (Å²) in [4.78, 5) is 66.8. The number of aromatic nitrogens is 1. The van der Waals surface area contributed by atoms with Crippen molar-refractivity contribution in [2.45, 2.75) is 36.8 Å². The number of azo groups is 1. The number of nitrogens with one attached hydrogen (secondary N) is 1. The van der Waals surface area contributed by atoms with Crippen LogP contribution in [0.2, 0.25) is 10.0 Å². The molecule has 1 saturated carbocycles. The molecule has 9 rings (SSSR count). The zero-order valence-corrected chi connectivity index (χ0v) is 36.9. The molecule has 4 aliphatic rings. The Balaban J connectivity index is 1.13. The van der Waals surface area contributed by atoms with Crippen molar-refractivity contribution in [2.24, 2.45) is 33.9 Å². The predicted molar refractivity (Wildman–Crippen MR) is 243 cm³/mol. The summed E-state index contributed by atoms with van der Waals surface area (Å²) in [7, 11) is 3.87. The van der Waals surface area contributed by atoms with E-state index in [2.05, 4.69) is 27.2 Å². The maximum Gasteiger partial charge on any atom is 0.417 e. The first-order valence-electron chi connectivity index (χ1n) is 21.0. The zero-order valence-electron chi connectivity index (χ0n) is 35.3. The van der Waals surface area contributed by atoms with Crippen LogP contribution in [0.3, 0.4) is 0 Å². The van der Waals surface area contributed by atoms with E-state index in [0.717, 1.165) is 10.6 Å². The second kappa shape index (κ2) is 16.9. The van der Waals surface area contributed by atoms with Crippen molar-refractivity contribution in [3.63, 3.8) is 0 Å². The maximum atomic E-state index is 15.5. The number of phenols is 1. The number of halogens is 5. The fourth-order valence-electron chi connectivity index (χ4n) is 10.1. The van der Waals surface area contributed by atoms with Crippen LogP contribution in [-0.2, 0) is 37.2 Å². The first kappa shape index (κ1) is 44.4. The number of allylic oxidation sites excluding steroid dienone is 3. The summed E-state index contributed by atoms with van der Waals surface area (Å²) in [5.41, 5.74) is 3.77. The molecule has 5 aromatic rings. The van der Waals surface area contributed by atoms with Crippen LogP contribution in [-0.4, -0.2) is 52.8 Å². The van der Waals surface area contributed by atoms with Crippen molar-refractivity contribution in [1.82, 2.24) is 9.99 Å². The van der Waals surface area contributed by atoms with E-state index in [1.807, 2.05) is 49.3 Å². The van der Waals surface area contributed by atoms with Gasteiger partial charge in [-0.15, -0.1) is 6.58 Å². The van der Waals surface area contributed by atoms with Gasteiger partial charge in [-0.05, 0) is 103 Å². The summed E-state index contributed by atoms with van der Waals surface area (Å²) in [6.45, 7) is 3.83. The number of rotatable bonds is 10. The van der Waals surface area contributed by atoms with Crippen LogP contribution in [0.5, 0.6) is 5.75 Å². The molecule has 0 unspecified atom stereocenters. The Hall–Kier alpha value is -6.84. The van der Waals surface area contributed by atoms with Crippen LogP contribution in [0, 0.1) is 23.7 Å². The molecular formula is C49H40Cl2F3N7O5. The highest BCUT2D eigenvalue weighted by atomic mass is 35.5. The van der Waals surface area contributed by atoms with Gasteiger partial charge in [0.25, 0.3) is 11.8 Å². The number of hydrazine groups is 1. The average Bonchev–Trinajstić information content (AvgIpc) is 3.67. The summed E-state index contributed by atoms with van der Waals surface area (Å²) in [6.07, 6.45) is -0.531. The second-order valence-corrected chi connectivity index (χ2v) is 17.7. The first-order chi connectivity index (χ1) is 31.5. The number of phenolic OH excluding ortho intramolecular Hbond substituents is 1. The number of pyridine rings is 1. The minimum Gasteiger partial charge on any atom is -0.507 e. The lowest BCUT2D eigenvalue weighted by Crippen LogP contribution is -2.53. The standard InChI is InChI=1S/C49H40Cl2F3N7O5/c1-4-6-26-7-5-8-36(42(26)62)41-34-21-22-35-40(46(65)60(44(35)63)33-19-15-31(16-20-33)57-56-30-13-17-32(18-14-30)59(2)3)37(34)24-38-45(64)61(47(66)48(38,41)27-9-11-29(50)12-10-27)58-43-39(51)23-28(25-55-43)49(52,53)54/h4-5,7-21,23,25,35,37-38,40-41,62H,1,6,22,24H2,2-3H3,(H,55,58)/t35-,37+,38-,40-,41+,48+/m0/s1. The number of carbonyl (C=O) groups excluding carboxylic acids is 4. The van der Waals surface area contributed by atoms with Crippen LogP contribution in [0.4, 0.5) is 41.7 Å². The van der Waals surface area contributed by atoms with E-state index < -0.39 is 81.2 Å². The third-order valence-electron chi connectivity index (χ3n) is 13.1. The lowest BCUT2D eigenvalue weighted by Gasteiger charge is -2.50. The summed E-state index contributed by atoms with van der Waals surface area (Å²) in [6, 6.07) is 26.1. The van der Waals surface area contributed by atoms with Crippen LogP contribution in [0.25, 0.3) is 0 Å². The Morgan fingerprint density at radius 2 is 1.58 bits per heavy atom. The lowest BCUT2D eigenvalue weighted by molar-refractivity contribution is -0.139. The number of aromatic hydroxyl groups is 1. The molecule has 3 fully saturated rings. The number of para-hydroxylation sites is 1. The molecule has 0 bridgehead atoms. The Bertz CT molecular complexity index is 2870. The molecule has 12 nitrogen and oxygen atoms in total. The van der Waals surface area contributed by atoms with Crippen molar-refractivity contribution in [2.75, 3.05) is 29.3 Å². The van der Waals surface area contributed by atoms with Gasteiger partial charge >= 0.3 is 6.18 Å². The third kappa shape index (κ3) is 7.30. The highest BCUT2D eigenvalue weighted by molar-refractivity contribution is 6.33. The van der Waals surface area contributed by atoms with Gasteiger partial charge in [-0.1, -0.05) is 71.3 Å². The normalized spacial score (nSPS) is 23.7. The molecule has 66 heavy (non-hydrogen) atoms. The van der Waals surface area contributed by atoms with Gasteiger partial charge in [-0.25, -0.2) is 4.98 Å². The van der Waals surface area contributed by atoms with Gasteiger partial charge in [0.2, 0.25) is 11.8 Å². The summed E-state index contributed by atoms with van der Waals surface area (Å²) in [5, 5.41) is 21.3. The van der Waals surface area contributed by atoms with E-state index in [-0.39, 0.29) is 30.6 Å². The van der Waals surface area contributed by atoms with Gasteiger partial charge in [0.05, 0.1) is 50.8 Å². The van der Waals surface area contributed by atoms with Crippen LogP contribution in [0.15, 0.2) is 138 Å². The van der Waals surface area contributed by atoms with Crippen LogP contribution in [0.1, 0.15) is 41.0 Å². The molecule has 2 N–H and O–H groups in total. The molecule has 2 saturated heterocycles. The van der Waals surface area contributed by atoms with E-state index in [1.54, 1.807) is 72.8 Å². The van der Waals surface area contributed by atoms with Crippen LogP contribution >= 0.6 is 23.2 Å². The number of fused-ring (bicyclic) bond motifs is 4. The number of hydrogen-bond donors (Lipinski definition) is 2. The van der Waals surface area contributed by atoms with Crippen molar-refractivity contribution in [3.8, 4) is 5.75 Å². The number of anilines is 3. The molecule has 336 valence electrons. The SMILES string of the molecule is C=CCc1cccc([C@H]2C3=CC[C@@H]4C(=O)N(c5ccc(N=Nc6ccc(N(C)C)cc6)cc5)C(=O)[C@@H]4[C@@H]3C[C@H]3C(=O)N(Nc4ncc(C(F)(F)F)cc4Cl)C(=O)[C@@]23c2ccc(Cl)cc2)c1O. The molecule has 2 aliphatic carbocycles. The van der Waals surface area contributed by atoms with Crippen molar-refractivity contribution in [3.05, 3.63) is 160 Å². The quantitative estimate of drug-likeness (QED) is 0.0799. The Labute approximate surface area is 387 Å². The number of amides is 4. The van der Waals surface area contributed by atoms with E-state index in [1.165, 1.54) is 0 Å². The summed E-state index contributed by atoms with van der Waals surface area (Å²) >= 11 is 12.7. The Morgan fingerprint density at radius 1 is 0.909 bits per heavy atom.